The molecule has 2 nitrogen and oxygen atoms in total. The first-order valence-corrected chi connectivity index (χ1v) is 7.52. The Balaban J connectivity index is 2.13. The van der Waals surface area contributed by atoms with E-state index in [2.05, 4.69) is 44.0 Å². The van der Waals surface area contributed by atoms with Crippen LogP contribution in [0.1, 0.15) is 17.2 Å². The van der Waals surface area contributed by atoms with E-state index in [-0.39, 0.29) is 6.04 Å². The minimum atomic E-state index is -0.0246. The van der Waals surface area contributed by atoms with Crippen LogP contribution in [0.15, 0.2) is 51.4 Å². The molecular weight excluding hydrogens is 370 g/mol. The maximum absolute atomic E-state index is 6.25. The summed E-state index contributed by atoms with van der Waals surface area (Å²) in [6.45, 7) is 0. The van der Waals surface area contributed by atoms with Crippen LogP contribution in [-0.4, -0.2) is 7.11 Å². The number of benzene rings is 2. The number of hydrogen-bond donors (Lipinski definition) is 1. The number of halogens is 2. The third kappa shape index (κ3) is 3.81. The van der Waals surface area contributed by atoms with Gasteiger partial charge in [0.05, 0.1) is 11.6 Å². The summed E-state index contributed by atoms with van der Waals surface area (Å²) in [5, 5.41) is 0. The summed E-state index contributed by atoms with van der Waals surface area (Å²) in [6.07, 6.45) is 0.812. The average molecular weight is 385 g/mol. The number of nitrogens with two attached hydrogens (primary N) is 1. The molecule has 1 unspecified atom stereocenters. The lowest BCUT2D eigenvalue weighted by Gasteiger charge is -2.14. The summed E-state index contributed by atoms with van der Waals surface area (Å²) < 4.78 is 7.23. The summed E-state index contributed by atoms with van der Waals surface area (Å²) in [7, 11) is 1.65. The molecule has 0 fully saturated rings. The molecule has 2 rings (SSSR count). The molecule has 0 bridgehead atoms. The molecule has 0 aliphatic heterocycles. The van der Waals surface area contributed by atoms with Crippen LogP contribution in [-0.2, 0) is 6.42 Å². The Labute approximate surface area is 130 Å². The Kier molecular flexibility index (Phi) is 5.02. The topological polar surface area (TPSA) is 35.2 Å². The van der Waals surface area contributed by atoms with Crippen LogP contribution in [0.25, 0.3) is 0 Å². The molecule has 0 spiro atoms. The zero-order valence-electron chi connectivity index (χ0n) is 10.6. The van der Waals surface area contributed by atoms with Gasteiger partial charge in [-0.15, -0.1) is 0 Å². The van der Waals surface area contributed by atoms with Gasteiger partial charge in [-0.3, -0.25) is 0 Å². The maximum atomic E-state index is 6.25. The summed E-state index contributed by atoms with van der Waals surface area (Å²) in [5.41, 5.74) is 8.57. The van der Waals surface area contributed by atoms with Crippen LogP contribution in [0.5, 0.6) is 5.75 Å². The van der Waals surface area contributed by atoms with Gasteiger partial charge in [0.15, 0.2) is 0 Å². The smallest absolute Gasteiger partial charge is 0.133 e. The average Bonchev–Trinajstić information content (AvgIpc) is 2.41. The van der Waals surface area contributed by atoms with Crippen LogP contribution >= 0.6 is 31.9 Å². The van der Waals surface area contributed by atoms with Crippen LogP contribution in [0.4, 0.5) is 0 Å². The highest BCUT2D eigenvalue weighted by molar-refractivity contribution is 9.10. The predicted molar refractivity (Wildman–Crippen MR) is 85.5 cm³/mol. The number of rotatable bonds is 4. The molecule has 0 saturated carbocycles. The van der Waals surface area contributed by atoms with E-state index < -0.39 is 0 Å². The maximum Gasteiger partial charge on any atom is 0.133 e. The molecule has 100 valence electrons. The molecule has 0 aliphatic rings. The molecule has 2 aromatic rings. The van der Waals surface area contributed by atoms with Gasteiger partial charge in [-0.25, -0.2) is 0 Å². The predicted octanol–water partition coefficient (Wildman–Crippen LogP) is 4.46. The molecule has 2 aromatic carbocycles. The summed E-state index contributed by atoms with van der Waals surface area (Å²) in [5.74, 6) is 0.819. The molecule has 0 radical (unpaired) electrons. The monoisotopic (exact) mass is 383 g/mol. The Morgan fingerprint density at radius 2 is 1.79 bits per heavy atom. The van der Waals surface area contributed by atoms with E-state index in [1.807, 2.05) is 30.3 Å². The van der Waals surface area contributed by atoms with Gasteiger partial charge in [0, 0.05) is 10.5 Å². The van der Waals surface area contributed by atoms with Gasteiger partial charge in [0.2, 0.25) is 0 Å². The van der Waals surface area contributed by atoms with Crippen molar-refractivity contribution in [3.8, 4) is 5.75 Å². The van der Waals surface area contributed by atoms with Gasteiger partial charge in [0.1, 0.15) is 5.75 Å². The van der Waals surface area contributed by atoms with Crippen LogP contribution in [0, 0.1) is 0 Å². The van der Waals surface area contributed by atoms with Gasteiger partial charge < -0.3 is 10.5 Å². The van der Waals surface area contributed by atoms with E-state index in [1.54, 1.807) is 7.11 Å². The van der Waals surface area contributed by atoms with Crippen molar-refractivity contribution in [1.29, 1.82) is 0 Å². The highest BCUT2D eigenvalue weighted by atomic mass is 79.9. The lowest BCUT2D eigenvalue weighted by molar-refractivity contribution is 0.412. The van der Waals surface area contributed by atoms with Crippen molar-refractivity contribution in [1.82, 2.24) is 0 Å². The second-order valence-corrected chi connectivity index (χ2v) is 6.10. The number of hydrogen-bond acceptors (Lipinski definition) is 2. The molecule has 2 N–H and O–H groups in total. The number of ether oxygens (including phenoxy) is 1. The largest absolute Gasteiger partial charge is 0.496 e. The van der Waals surface area contributed by atoms with Gasteiger partial charge in [-0.2, -0.15) is 0 Å². The fourth-order valence-electron chi connectivity index (χ4n) is 1.91. The van der Waals surface area contributed by atoms with E-state index in [0.29, 0.717) is 0 Å². The van der Waals surface area contributed by atoms with Crippen molar-refractivity contribution in [3.63, 3.8) is 0 Å². The highest BCUT2D eigenvalue weighted by Crippen LogP contribution is 2.28. The summed E-state index contributed by atoms with van der Waals surface area (Å²) >= 11 is 6.91. The summed E-state index contributed by atoms with van der Waals surface area (Å²) in [6, 6.07) is 14.2. The molecule has 0 amide bonds. The molecule has 0 aliphatic carbocycles. The van der Waals surface area contributed by atoms with Gasteiger partial charge in [-0.05, 0) is 57.7 Å². The van der Waals surface area contributed by atoms with Crippen molar-refractivity contribution in [2.75, 3.05) is 7.11 Å². The molecule has 1 atom stereocenters. The fourth-order valence-corrected chi connectivity index (χ4v) is 2.73. The zero-order valence-corrected chi connectivity index (χ0v) is 13.7. The fraction of sp³-hybridized carbons (Fsp3) is 0.200. The molecule has 19 heavy (non-hydrogen) atoms. The molecular formula is C15H15Br2NO. The van der Waals surface area contributed by atoms with Gasteiger partial charge >= 0.3 is 0 Å². The Bertz CT molecular complexity index is 555. The van der Waals surface area contributed by atoms with Gasteiger partial charge in [0.25, 0.3) is 0 Å². The van der Waals surface area contributed by atoms with Crippen LogP contribution in [0.3, 0.4) is 0 Å². The molecule has 0 heterocycles. The van der Waals surface area contributed by atoms with E-state index in [9.17, 15) is 0 Å². The van der Waals surface area contributed by atoms with Gasteiger partial charge in [-0.1, -0.05) is 34.1 Å². The van der Waals surface area contributed by atoms with Crippen molar-refractivity contribution in [2.45, 2.75) is 12.5 Å². The first-order valence-electron chi connectivity index (χ1n) is 5.93. The van der Waals surface area contributed by atoms with E-state index in [0.717, 1.165) is 26.7 Å². The van der Waals surface area contributed by atoms with Crippen molar-refractivity contribution in [3.05, 3.63) is 62.5 Å². The highest BCUT2D eigenvalue weighted by Gasteiger charge is 2.09. The first-order chi connectivity index (χ1) is 9.10. The molecule has 4 heteroatoms. The van der Waals surface area contributed by atoms with E-state index in [1.165, 1.54) is 5.56 Å². The van der Waals surface area contributed by atoms with Crippen molar-refractivity contribution in [2.24, 2.45) is 5.73 Å². The molecule has 0 aromatic heterocycles. The lowest BCUT2D eigenvalue weighted by Crippen LogP contribution is -2.13. The Hall–Kier alpha value is -0.840. The SMILES string of the molecule is COc1ccc(C(N)Cc2ccc(Br)cc2)cc1Br. The minimum absolute atomic E-state index is 0.0246. The molecule has 0 saturated heterocycles. The Morgan fingerprint density at radius 1 is 1.11 bits per heavy atom. The third-order valence-corrected chi connectivity index (χ3v) is 4.12. The zero-order chi connectivity index (χ0) is 13.8. The van der Waals surface area contributed by atoms with Crippen molar-refractivity contribution >= 4 is 31.9 Å². The standard InChI is InChI=1S/C15H15Br2NO/c1-19-15-7-4-11(9-13(15)17)14(18)8-10-2-5-12(16)6-3-10/h2-7,9,14H,8,18H2,1H3. The van der Waals surface area contributed by atoms with E-state index in [4.69, 9.17) is 10.5 Å². The second kappa shape index (κ2) is 6.55. The Morgan fingerprint density at radius 3 is 2.37 bits per heavy atom. The van der Waals surface area contributed by atoms with E-state index >= 15 is 0 Å². The lowest BCUT2D eigenvalue weighted by atomic mass is 10.00. The quantitative estimate of drug-likeness (QED) is 0.844. The second-order valence-electron chi connectivity index (χ2n) is 4.33. The normalized spacial score (nSPS) is 12.2. The third-order valence-electron chi connectivity index (χ3n) is 2.97. The van der Waals surface area contributed by atoms with Crippen molar-refractivity contribution < 1.29 is 4.74 Å². The van der Waals surface area contributed by atoms with Crippen LogP contribution < -0.4 is 10.5 Å². The summed E-state index contributed by atoms with van der Waals surface area (Å²) in [4.78, 5) is 0. The van der Waals surface area contributed by atoms with Crippen LogP contribution in [0.2, 0.25) is 0 Å². The minimum Gasteiger partial charge on any atom is -0.496 e. The first kappa shape index (κ1) is 14.6. The number of methoxy groups -OCH3 is 1.